The van der Waals surface area contributed by atoms with Crippen LogP contribution < -0.4 is 10.5 Å². The lowest BCUT2D eigenvalue weighted by Crippen LogP contribution is -2.25. The lowest BCUT2D eigenvalue weighted by molar-refractivity contribution is -0.383. The van der Waals surface area contributed by atoms with E-state index in [1.54, 1.807) is 12.4 Å². The second-order valence-electron chi connectivity index (χ2n) is 3.76. The number of nitrogens with one attached hydrogen (secondary N) is 2. The van der Waals surface area contributed by atoms with E-state index >= 15 is 0 Å². The van der Waals surface area contributed by atoms with Gasteiger partial charge in [-0.3, -0.25) is 10.1 Å². The van der Waals surface area contributed by atoms with Crippen LogP contribution in [0.5, 0.6) is 0 Å². The zero-order chi connectivity index (χ0) is 14.8. The summed E-state index contributed by atoms with van der Waals surface area (Å²) in [6.45, 7) is 0.126. The molecule has 108 valence electrons. The molecule has 0 fully saturated rings. The number of rotatable bonds is 6. The molecule has 2 heterocycles. The monoisotopic (exact) mass is 317 g/mol. The van der Waals surface area contributed by atoms with Crippen molar-refractivity contribution in [3.05, 3.63) is 34.4 Å². The third-order valence-electron chi connectivity index (χ3n) is 2.39. The standard InChI is InChI=1S/C9H11N5O4S2/c10-9-6(14(15)16)5-8(19-9)20(17,18)13-2-1-7-11-3-4-12-7/h3-5,13H,1-2,10H2,(H,11,12). The molecule has 20 heavy (non-hydrogen) atoms. The molecular formula is C9H11N5O4S2. The Morgan fingerprint density at radius 1 is 1.55 bits per heavy atom. The number of nitrogens with zero attached hydrogens (tertiary/aromatic N) is 2. The fraction of sp³-hybridized carbons (Fsp3) is 0.222. The highest BCUT2D eigenvalue weighted by Gasteiger charge is 2.24. The van der Waals surface area contributed by atoms with Crippen molar-refractivity contribution < 1.29 is 13.3 Å². The third kappa shape index (κ3) is 3.12. The molecule has 9 nitrogen and oxygen atoms in total. The van der Waals surface area contributed by atoms with Crippen molar-refractivity contribution in [1.82, 2.24) is 14.7 Å². The number of sulfonamides is 1. The first-order valence-electron chi connectivity index (χ1n) is 5.42. The zero-order valence-corrected chi connectivity index (χ0v) is 11.7. The van der Waals surface area contributed by atoms with E-state index in [0.717, 1.165) is 6.07 Å². The average Bonchev–Trinajstić information content (AvgIpc) is 2.98. The maximum atomic E-state index is 11.9. The predicted molar refractivity (Wildman–Crippen MR) is 72.9 cm³/mol. The van der Waals surface area contributed by atoms with Crippen LogP contribution in [0.2, 0.25) is 0 Å². The fourth-order valence-corrected chi connectivity index (χ4v) is 3.75. The summed E-state index contributed by atoms with van der Waals surface area (Å²) in [5.41, 5.74) is 5.01. The third-order valence-corrected chi connectivity index (χ3v) is 5.28. The van der Waals surface area contributed by atoms with Gasteiger partial charge >= 0.3 is 5.69 Å². The minimum Gasteiger partial charge on any atom is -0.385 e. The number of aromatic nitrogens is 2. The van der Waals surface area contributed by atoms with Gasteiger partial charge in [0.05, 0.1) is 4.92 Å². The largest absolute Gasteiger partial charge is 0.385 e. The molecule has 2 aromatic heterocycles. The van der Waals surface area contributed by atoms with Gasteiger partial charge in [0.15, 0.2) is 5.00 Å². The normalized spacial score (nSPS) is 11.6. The average molecular weight is 317 g/mol. The second-order valence-corrected chi connectivity index (χ2v) is 6.83. The second kappa shape index (κ2) is 5.56. The van der Waals surface area contributed by atoms with Crippen molar-refractivity contribution in [1.29, 1.82) is 0 Å². The molecule has 0 radical (unpaired) electrons. The number of hydrogen-bond donors (Lipinski definition) is 3. The summed E-state index contributed by atoms with van der Waals surface area (Å²) in [5.74, 6) is 0.643. The number of thiophene rings is 1. The number of imidazole rings is 1. The van der Waals surface area contributed by atoms with Crippen LogP contribution in [0, 0.1) is 10.1 Å². The van der Waals surface area contributed by atoms with Crippen LogP contribution in [0.1, 0.15) is 5.82 Å². The first kappa shape index (κ1) is 14.4. The molecule has 0 saturated carbocycles. The van der Waals surface area contributed by atoms with Crippen molar-refractivity contribution >= 4 is 32.0 Å². The van der Waals surface area contributed by atoms with E-state index in [4.69, 9.17) is 5.73 Å². The zero-order valence-electron chi connectivity index (χ0n) is 10.1. The Bertz CT molecular complexity index is 707. The lowest BCUT2D eigenvalue weighted by atomic mass is 10.4. The summed E-state index contributed by atoms with van der Waals surface area (Å²) in [7, 11) is -3.81. The van der Waals surface area contributed by atoms with E-state index in [-0.39, 0.29) is 15.8 Å². The fourth-order valence-electron chi connectivity index (χ4n) is 1.46. The Morgan fingerprint density at radius 3 is 2.85 bits per heavy atom. The van der Waals surface area contributed by atoms with E-state index < -0.39 is 20.6 Å². The Hall–Kier alpha value is -1.98. The van der Waals surface area contributed by atoms with Gasteiger partial charge in [0.25, 0.3) is 0 Å². The van der Waals surface area contributed by atoms with Gasteiger partial charge in [-0.05, 0) is 0 Å². The van der Waals surface area contributed by atoms with Crippen LogP contribution >= 0.6 is 11.3 Å². The minimum absolute atomic E-state index is 0.126. The molecule has 0 saturated heterocycles. The molecule has 0 spiro atoms. The summed E-state index contributed by atoms with van der Waals surface area (Å²) in [5, 5.41) is 10.5. The number of nitrogens with two attached hydrogens (primary N) is 1. The lowest BCUT2D eigenvalue weighted by Gasteiger charge is -2.02. The molecule has 2 rings (SSSR count). The van der Waals surface area contributed by atoms with Gasteiger partial charge < -0.3 is 10.7 Å². The molecule has 4 N–H and O–H groups in total. The van der Waals surface area contributed by atoms with Crippen LogP contribution in [-0.4, -0.2) is 29.9 Å². The van der Waals surface area contributed by atoms with Crippen molar-refractivity contribution in [2.75, 3.05) is 12.3 Å². The molecular weight excluding hydrogens is 306 g/mol. The van der Waals surface area contributed by atoms with Crippen molar-refractivity contribution in [2.45, 2.75) is 10.6 Å². The molecule has 0 bridgehead atoms. The SMILES string of the molecule is Nc1sc(S(=O)(=O)NCCc2ncc[nH]2)cc1[N+](=O)[O-]. The molecule has 0 aliphatic carbocycles. The van der Waals surface area contributed by atoms with E-state index in [9.17, 15) is 18.5 Å². The number of anilines is 1. The number of aromatic amines is 1. The summed E-state index contributed by atoms with van der Waals surface area (Å²) in [4.78, 5) is 16.7. The van der Waals surface area contributed by atoms with E-state index in [1.807, 2.05) is 0 Å². The minimum atomic E-state index is -3.81. The quantitative estimate of drug-likeness (QED) is 0.522. The molecule has 0 amide bonds. The van der Waals surface area contributed by atoms with Crippen LogP contribution in [0.15, 0.2) is 22.7 Å². The Balaban J connectivity index is 2.06. The topological polar surface area (TPSA) is 144 Å². The first-order valence-corrected chi connectivity index (χ1v) is 7.72. The van der Waals surface area contributed by atoms with Crippen molar-refractivity contribution in [3.8, 4) is 0 Å². The van der Waals surface area contributed by atoms with Gasteiger partial charge in [0, 0.05) is 31.4 Å². The number of H-pyrrole nitrogens is 1. The Morgan fingerprint density at radius 2 is 2.30 bits per heavy atom. The van der Waals surface area contributed by atoms with Crippen LogP contribution in [0.3, 0.4) is 0 Å². The summed E-state index contributed by atoms with van der Waals surface area (Å²) < 4.78 is 26.0. The summed E-state index contributed by atoms with van der Waals surface area (Å²) >= 11 is 0.660. The summed E-state index contributed by atoms with van der Waals surface area (Å²) in [6, 6.07) is 0.954. The van der Waals surface area contributed by atoms with Gasteiger partial charge in [0.1, 0.15) is 10.0 Å². The highest BCUT2D eigenvalue weighted by molar-refractivity contribution is 7.91. The van der Waals surface area contributed by atoms with Crippen molar-refractivity contribution in [2.24, 2.45) is 0 Å². The molecule has 0 atom stereocenters. The van der Waals surface area contributed by atoms with Crippen molar-refractivity contribution in [3.63, 3.8) is 0 Å². The maximum absolute atomic E-state index is 11.9. The van der Waals surface area contributed by atoms with E-state index in [1.165, 1.54) is 0 Å². The van der Waals surface area contributed by atoms with Crippen LogP contribution in [-0.2, 0) is 16.4 Å². The Kier molecular flexibility index (Phi) is 4.01. The maximum Gasteiger partial charge on any atom is 0.304 e. The molecule has 0 aromatic carbocycles. The van der Waals surface area contributed by atoms with Crippen LogP contribution in [0.4, 0.5) is 10.7 Å². The molecule has 11 heteroatoms. The van der Waals surface area contributed by atoms with Gasteiger partial charge in [-0.1, -0.05) is 11.3 Å². The predicted octanol–water partition coefficient (Wildman–Crippen LogP) is 0.483. The van der Waals surface area contributed by atoms with Gasteiger partial charge in [-0.15, -0.1) is 0 Å². The van der Waals surface area contributed by atoms with Gasteiger partial charge in [-0.2, -0.15) is 0 Å². The highest BCUT2D eigenvalue weighted by Crippen LogP contribution is 2.34. The highest BCUT2D eigenvalue weighted by atomic mass is 32.2. The Labute approximate surface area is 118 Å². The molecule has 0 aliphatic heterocycles. The summed E-state index contributed by atoms with van der Waals surface area (Å²) in [6.07, 6.45) is 3.58. The van der Waals surface area contributed by atoms with Gasteiger partial charge in [-0.25, -0.2) is 18.1 Å². The first-order chi connectivity index (χ1) is 9.40. The number of nitrogen functional groups attached to an aromatic ring is 1. The molecule has 0 unspecified atom stereocenters. The smallest absolute Gasteiger partial charge is 0.304 e. The number of hydrogen-bond acceptors (Lipinski definition) is 7. The van der Waals surface area contributed by atoms with E-state index in [2.05, 4.69) is 14.7 Å². The number of nitro groups is 1. The van der Waals surface area contributed by atoms with Gasteiger partial charge in [0.2, 0.25) is 10.0 Å². The van der Waals surface area contributed by atoms with E-state index in [0.29, 0.717) is 23.6 Å². The molecule has 0 aliphatic rings. The van der Waals surface area contributed by atoms with Crippen LogP contribution in [0.25, 0.3) is 0 Å². The molecule has 2 aromatic rings.